The van der Waals surface area contributed by atoms with E-state index in [0.717, 1.165) is 17.7 Å². The molecule has 1 aliphatic heterocycles. The highest BCUT2D eigenvalue weighted by Crippen LogP contribution is 2.38. The minimum atomic E-state index is -4.35. The number of hydrogen-bond acceptors (Lipinski definition) is 2. The Morgan fingerprint density at radius 2 is 1.57 bits per heavy atom. The Kier molecular flexibility index (Phi) is 5.55. The van der Waals surface area contributed by atoms with Crippen molar-refractivity contribution in [1.82, 2.24) is 0 Å². The van der Waals surface area contributed by atoms with Crippen LogP contribution < -0.4 is 0 Å². The largest absolute Gasteiger partial charge is 0.470 e. The molecule has 0 aromatic heterocycles. The number of rotatable bonds is 4. The number of hydrogen-bond donors (Lipinski definition) is 0. The molecule has 0 spiro atoms. The summed E-state index contributed by atoms with van der Waals surface area (Å²) < 4.78 is 44.9. The molecule has 0 N–H and O–H groups in total. The minimum Gasteiger partial charge on any atom is -0.470 e. The standard InChI is InChI=1S/C23H26F3NO/c1-15(22(2,3)4)21-27-19(14-16-8-6-5-7-9-16)20(28-21)17-10-12-18(13-11-17)23(24,25)26/h5-13,15,19-20H,14H2,1-4H3/t15-,19+,20+/m1/s1. The van der Waals surface area contributed by atoms with Gasteiger partial charge in [0, 0.05) is 5.92 Å². The highest BCUT2D eigenvalue weighted by molar-refractivity contribution is 5.81. The molecule has 0 unspecified atom stereocenters. The molecule has 0 bridgehead atoms. The van der Waals surface area contributed by atoms with Crippen LogP contribution >= 0.6 is 0 Å². The maximum Gasteiger partial charge on any atom is 0.416 e. The Labute approximate surface area is 164 Å². The Morgan fingerprint density at radius 3 is 2.11 bits per heavy atom. The molecule has 2 aromatic carbocycles. The van der Waals surface area contributed by atoms with Crippen LogP contribution in [0.4, 0.5) is 13.2 Å². The molecule has 2 aromatic rings. The topological polar surface area (TPSA) is 21.6 Å². The van der Waals surface area contributed by atoms with Crippen LogP contribution in [0.1, 0.15) is 50.5 Å². The smallest absolute Gasteiger partial charge is 0.416 e. The average Bonchev–Trinajstić information content (AvgIpc) is 3.04. The fraction of sp³-hybridized carbons (Fsp3) is 0.435. The summed E-state index contributed by atoms with van der Waals surface area (Å²) in [5.74, 6) is 0.781. The molecule has 0 saturated carbocycles. The van der Waals surface area contributed by atoms with Crippen LogP contribution in [0.25, 0.3) is 0 Å². The van der Waals surface area contributed by atoms with Gasteiger partial charge in [-0.15, -0.1) is 0 Å². The SMILES string of the molecule is C[C@H](C1=N[C@@H](Cc2ccccc2)[C@H](c2ccc(C(F)(F)F)cc2)O1)C(C)(C)C. The van der Waals surface area contributed by atoms with E-state index in [1.165, 1.54) is 12.1 Å². The van der Waals surface area contributed by atoms with Gasteiger partial charge in [-0.2, -0.15) is 13.2 Å². The van der Waals surface area contributed by atoms with Gasteiger partial charge in [-0.1, -0.05) is 70.2 Å². The first-order valence-electron chi connectivity index (χ1n) is 9.51. The number of alkyl halides is 3. The third-order valence-corrected chi connectivity index (χ3v) is 5.41. The molecule has 0 radical (unpaired) electrons. The second kappa shape index (κ2) is 7.61. The summed E-state index contributed by atoms with van der Waals surface area (Å²) >= 11 is 0. The van der Waals surface area contributed by atoms with Gasteiger partial charge in [0.1, 0.15) is 6.10 Å². The van der Waals surface area contributed by atoms with Crippen LogP contribution in [-0.2, 0) is 17.3 Å². The van der Waals surface area contributed by atoms with Crippen molar-refractivity contribution in [2.75, 3.05) is 0 Å². The van der Waals surface area contributed by atoms with Crippen molar-refractivity contribution in [3.8, 4) is 0 Å². The van der Waals surface area contributed by atoms with E-state index in [0.29, 0.717) is 17.9 Å². The Balaban J connectivity index is 1.89. The number of benzene rings is 2. The van der Waals surface area contributed by atoms with Crippen LogP contribution in [-0.4, -0.2) is 11.9 Å². The number of aliphatic imine (C=N–C) groups is 1. The minimum absolute atomic E-state index is 0.0227. The third-order valence-electron chi connectivity index (χ3n) is 5.41. The summed E-state index contributed by atoms with van der Waals surface area (Å²) in [4.78, 5) is 4.85. The van der Waals surface area contributed by atoms with Crippen LogP contribution in [0.5, 0.6) is 0 Å². The predicted octanol–water partition coefficient (Wildman–Crippen LogP) is 6.47. The molecule has 3 atom stereocenters. The van der Waals surface area contributed by atoms with Crippen LogP contribution in [0.3, 0.4) is 0 Å². The summed E-state index contributed by atoms with van der Waals surface area (Å²) in [7, 11) is 0. The van der Waals surface area contributed by atoms with Crippen LogP contribution in [0.2, 0.25) is 0 Å². The first kappa shape index (κ1) is 20.4. The van der Waals surface area contributed by atoms with Gasteiger partial charge in [-0.05, 0) is 35.1 Å². The monoisotopic (exact) mass is 389 g/mol. The zero-order valence-electron chi connectivity index (χ0n) is 16.6. The Bertz CT molecular complexity index is 820. The first-order chi connectivity index (χ1) is 13.1. The van der Waals surface area contributed by atoms with Gasteiger partial charge in [-0.25, -0.2) is 4.99 Å². The highest BCUT2D eigenvalue weighted by Gasteiger charge is 2.38. The maximum absolute atomic E-state index is 12.9. The molecular formula is C23H26F3NO. The maximum atomic E-state index is 12.9. The lowest BCUT2D eigenvalue weighted by Crippen LogP contribution is -2.26. The molecule has 1 heterocycles. The van der Waals surface area contributed by atoms with E-state index in [4.69, 9.17) is 9.73 Å². The van der Waals surface area contributed by atoms with Gasteiger partial charge in [0.25, 0.3) is 0 Å². The summed E-state index contributed by atoms with van der Waals surface area (Å²) in [5.41, 5.74) is 1.17. The molecule has 0 saturated heterocycles. The molecule has 150 valence electrons. The van der Waals surface area contributed by atoms with Gasteiger partial charge in [0.05, 0.1) is 11.6 Å². The fourth-order valence-corrected chi connectivity index (χ4v) is 3.21. The molecule has 1 aliphatic rings. The highest BCUT2D eigenvalue weighted by atomic mass is 19.4. The zero-order valence-corrected chi connectivity index (χ0v) is 16.6. The van der Waals surface area contributed by atoms with Crippen molar-refractivity contribution in [3.63, 3.8) is 0 Å². The van der Waals surface area contributed by atoms with Gasteiger partial charge in [-0.3, -0.25) is 0 Å². The summed E-state index contributed by atoms with van der Waals surface area (Å²) in [6.07, 6.45) is -4.06. The second-order valence-corrected chi connectivity index (χ2v) is 8.47. The third kappa shape index (κ3) is 4.57. The first-order valence-corrected chi connectivity index (χ1v) is 9.51. The van der Waals surface area contributed by atoms with E-state index in [1.807, 2.05) is 30.3 Å². The van der Waals surface area contributed by atoms with E-state index >= 15 is 0 Å². The Hall–Kier alpha value is -2.30. The van der Waals surface area contributed by atoms with Gasteiger partial charge >= 0.3 is 6.18 Å². The lowest BCUT2D eigenvalue weighted by atomic mass is 9.82. The van der Waals surface area contributed by atoms with E-state index < -0.39 is 11.7 Å². The quantitative estimate of drug-likeness (QED) is 0.587. The molecule has 3 rings (SSSR count). The molecule has 28 heavy (non-hydrogen) atoms. The van der Waals surface area contributed by atoms with Crippen molar-refractivity contribution in [3.05, 3.63) is 71.3 Å². The number of ether oxygens (including phenoxy) is 1. The van der Waals surface area contributed by atoms with E-state index in [9.17, 15) is 13.2 Å². The van der Waals surface area contributed by atoms with E-state index in [2.05, 4.69) is 27.7 Å². The summed E-state index contributed by atoms with van der Waals surface area (Å²) in [6, 6.07) is 15.0. The lowest BCUT2D eigenvalue weighted by molar-refractivity contribution is -0.137. The van der Waals surface area contributed by atoms with Gasteiger partial charge in [0.2, 0.25) is 0 Å². The predicted molar refractivity (Wildman–Crippen MR) is 105 cm³/mol. The van der Waals surface area contributed by atoms with Gasteiger partial charge < -0.3 is 4.74 Å². The molecule has 2 nitrogen and oxygen atoms in total. The Morgan fingerprint density at radius 1 is 0.964 bits per heavy atom. The molecule has 0 amide bonds. The number of halogens is 3. The van der Waals surface area contributed by atoms with Gasteiger partial charge in [0.15, 0.2) is 5.90 Å². The molecule has 0 fully saturated rings. The fourth-order valence-electron chi connectivity index (χ4n) is 3.21. The lowest BCUT2D eigenvalue weighted by Gasteiger charge is -2.27. The van der Waals surface area contributed by atoms with Crippen molar-refractivity contribution < 1.29 is 17.9 Å². The van der Waals surface area contributed by atoms with Crippen molar-refractivity contribution in [2.45, 2.75) is 52.4 Å². The van der Waals surface area contributed by atoms with Crippen molar-refractivity contribution >= 4 is 5.90 Å². The van der Waals surface area contributed by atoms with Crippen molar-refractivity contribution in [1.29, 1.82) is 0 Å². The summed E-state index contributed by atoms with van der Waals surface area (Å²) in [6.45, 7) is 8.46. The molecule has 0 aliphatic carbocycles. The summed E-state index contributed by atoms with van der Waals surface area (Å²) in [5, 5.41) is 0. The molecule has 5 heteroatoms. The van der Waals surface area contributed by atoms with Crippen LogP contribution in [0.15, 0.2) is 59.6 Å². The average molecular weight is 389 g/mol. The van der Waals surface area contributed by atoms with Crippen molar-refractivity contribution in [2.24, 2.45) is 16.3 Å². The number of nitrogens with zero attached hydrogens (tertiary/aromatic N) is 1. The van der Waals surface area contributed by atoms with E-state index in [-0.39, 0.29) is 23.5 Å². The van der Waals surface area contributed by atoms with Crippen LogP contribution in [0, 0.1) is 11.3 Å². The zero-order chi connectivity index (χ0) is 20.5. The normalized spacial score (nSPS) is 21.2. The van der Waals surface area contributed by atoms with E-state index in [1.54, 1.807) is 0 Å². The molecular weight excluding hydrogens is 363 g/mol. The second-order valence-electron chi connectivity index (χ2n) is 8.47.